The van der Waals surface area contributed by atoms with E-state index in [4.69, 9.17) is 18.9 Å². The smallest absolute Gasteiger partial charge is 0.204 e. The van der Waals surface area contributed by atoms with Crippen molar-refractivity contribution in [3.63, 3.8) is 0 Å². The highest BCUT2D eigenvalue weighted by Crippen LogP contribution is 2.41. The maximum absolute atomic E-state index is 12.7. The third-order valence-corrected chi connectivity index (χ3v) is 3.72. The van der Waals surface area contributed by atoms with Gasteiger partial charge in [0.2, 0.25) is 5.75 Å². The summed E-state index contributed by atoms with van der Waals surface area (Å²) in [5, 5.41) is 0.458. The van der Waals surface area contributed by atoms with Crippen molar-refractivity contribution in [2.24, 2.45) is 0 Å². The second kappa shape index (κ2) is 5.29. The summed E-state index contributed by atoms with van der Waals surface area (Å²) in [6.07, 6.45) is 0.692. The first kappa shape index (κ1) is 13.8. The molecule has 21 heavy (non-hydrogen) atoms. The van der Waals surface area contributed by atoms with Crippen molar-refractivity contribution < 1.29 is 18.9 Å². The Labute approximate surface area is 121 Å². The number of ether oxygens (including phenoxy) is 4. The molecule has 1 aromatic heterocycles. The van der Waals surface area contributed by atoms with E-state index in [1.54, 1.807) is 13.2 Å². The summed E-state index contributed by atoms with van der Waals surface area (Å²) >= 11 is 0. The van der Waals surface area contributed by atoms with Crippen molar-refractivity contribution >= 4 is 10.9 Å². The van der Waals surface area contributed by atoms with E-state index in [9.17, 15) is 4.79 Å². The molecule has 6 nitrogen and oxygen atoms in total. The minimum absolute atomic E-state index is 0.0868. The van der Waals surface area contributed by atoms with Gasteiger partial charge >= 0.3 is 0 Å². The third kappa shape index (κ3) is 2.03. The number of nitrogens with one attached hydrogen (secondary N) is 1. The van der Waals surface area contributed by atoms with Crippen molar-refractivity contribution in [2.75, 3.05) is 27.9 Å². The van der Waals surface area contributed by atoms with Crippen LogP contribution in [0, 0.1) is 0 Å². The number of fused-ring (bicyclic) bond motifs is 2. The highest BCUT2D eigenvalue weighted by molar-refractivity contribution is 5.91. The molecular formula is C15H17NO5. The third-order valence-electron chi connectivity index (χ3n) is 3.72. The summed E-state index contributed by atoms with van der Waals surface area (Å²) in [7, 11) is 4.57. The van der Waals surface area contributed by atoms with Crippen molar-refractivity contribution in [3.05, 3.63) is 27.5 Å². The van der Waals surface area contributed by atoms with Crippen LogP contribution in [0.2, 0.25) is 0 Å². The van der Waals surface area contributed by atoms with Gasteiger partial charge in [0.15, 0.2) is 16.9 Å². The number of aromatic nitrogens is 1. The van der Waals surface area contributed by atoms with Gasteiger partial charge in [0.25, 0.3) is 0 Å². The highest BCUT2D eigenvalue weighted by atomic mass is 16.5. The molecule has 6 heteroatoms. The molecule has 0 amide bonds. The summed E-state index contributed by atoms with van der Waals surface area (Å²) in [5.74, 6) is 1.31. The molecule has 0 radical (unpaired) electrons. The van der Waals surface area contributed by atoms with E-state index in [0.717, 1.165) is 5.69 Å². The number of hydrogen-bond acceptors (Lipinski definition) is 5. The van der Waals surface area contributed by atoms with Crippen molar-refractivity contribution in [2.45, 2.75) is 13.0 Å². The van der Waals surface area contributed by atoms with Crippen LogP contribution in [0.3, 0.4) is 0 Å². The molecule has 3 rings (SSSR count). The summed E-state index contributed by atoms with van der Waals surface area (Å²) in [6.45, 7) is 0.928. The predicted octanol–water partition coefficient (Wildman–Crippen LogP) is 1.63. The zero-order valence-corrected chi connectivity index (χ0v) is 12.2. The van der Waals surface area contributed by atoms with Crippen LogP contribution in [0.15, 0.2) is 10.9 Å². The van der Waals surface area contributed by atoms with Crippen molar-refractivity contribution in [3.8, 4) is 17.2 Å². The normalized spacial score (nSPS) is 13.9. The number of rotatable bonds is 3. The summed E-state index contributed by atoms with van der Waals surface area (Å²) in [6, 6.07) is 1.76. The molecule has 0 atom stereocenters. The van der Waals surface area contributed by atoms with Crippen molar-refractivity contribution in [1.29, 1.82) is 0 Å². The van der Waals surface area contributed by atoms with Gasteiger partial charge in [0, 0.05) is 23.7 Å². The van der Waals surface area contributed by atoms with Gasteiger partial charge in [-0.25, -0.2) is 0 Å². The van der Waals surface area contributed by atoms with Crippen LogP contribution in [0.5, 0.6) is 17.2 Å². The number of methoxy groups -OCH3 is 3. The van der Waals surface area contributed by atoms with Gasteiger partial charge in [0.1, 0.15) is 0 Å². The number of benzene rings is 1. The minimum Gasteiger partial charge on any atom is -0.493 e. The summed E-state index contributed by atoms with van der Waals surface area (Å²) < 4.78 is 21.4. The molecule has 1 aliphatic heterocycles. The largest absolute Gasteiger partial charge is 0.493 e. The Bertz CT molecular complexity index is 745. The standard InChI is InChI=1S/C15H17NO5/c1-18-11-6-10-12(15(20-3)14(11)19-2)13(17)8-7-21-5-4-9(8)16-10/h6H,4-5,7H2,1-3H3,(H,16,17). The molecule has 0 fully saturated rings. The highest BCUT2D eigenvalue weighted by Gasteiger charge is 2.23. The van der Waals surface area contributed by atoms with E-state index in [2.05, 4.69) is 4.98 Å². The van der Waals surface area contributed by atoms with Gasteiger partial charge in [-0.2, -0.15) is 0 Å². The molecule has 1 aromatic carbocycles. The fraction of sp³-hybridized carbons (Fsp3) is 0.400. The Kier molecular flexibility index (Phi) is 3.47. The van der Waals surface area contributed by atoms with E-state index in [1.165, 1.54) is 14.2 Å². The zero-order valence-electron chi connectivity index (χ0n) is 12.2. The zero-order chi connectivity index (χ0) is 15.0. The molecule has 1 aliphatic rings. The van der Waals surface area contributed by atoms with Crippen LogP contribution in [0.25, 0.3) is 10.9 Å². The molecule has 0 spiro atoms. The number of aromatic amines is 1. The molecule has 0 aliphatic carbocycles. The second-order valence-electron chi connectivity index (χ2n) is 4.78. The Morgan fingerprint density at radius 2 is 1.90 bits per heavy atom. The number of pyridine rings is 1. The SMILES string of the molecule is COc1cc2[nH]c3c(c(=O)c2c(OC)c1OC)COCC3. The van der Waals surface area contributed by atoms with Crippen LogP contribution in [-0.4, -0.2) is 32.9 Å². The number of H-pyrrole nitrogens is 1. The molecule has 0 unspecified atom stereocenters. The predicted molar refractivity (Wildman–Crippen MR) is 77.6 cm³/mol. The molecule has 1 N–H and O–H groups in total. The first-order valence-corrected chi connectivity index (χ1v) is 6.65. The first-order chi connectivity index (χ1) is 10.2. The van der Waals surface area contributed by atoms with E-state index in [-0.39, 0.29) is 5.43 Å². The van der Waals surface area contributed by atoms with Gasteiger partial charge in [-0.05, 0) is 0 Å². The van der Waals surface area contributed by atoms with E-state index < -0.39 is 0 Å². The second-order valence-corrected chi connectivity index (χ2v) is 4.78. The quantitative estimate of drug-likeness (QED) is 0.930. The summed E-state index contributed by atoms with van der Waals surface area (Å²) in [5.41, 5.74) is 2.15. The molecule has 2 heterocycles. The van der Waals surface area contributed by atoms with Gasteiger partial charge in [-0.15, -0.1) is 0 Å². The molecule has 0 bridgehead atoms. The molecule has 112 valence electrons. The van der Waals surface area contributed by atoms with Crippen molar-refractivity contribution in [1.82, 2.24) is 4.98 Å². The van der Waals surface area contributed by atoms with E-state index >= 15 is 0 Å². The molecule has 0 saturated carbocycles. The van der Waals surface area contributed by atoms with Crippen LogP contribution < -0.4 is 19.6 Å². The molecular weight excluding hydrogens is 274 g/mol. The maximum Gasteiger partial charge on any atom is 0.204 e. The van der Waals surface area contributed by atoms with Gasteiger partial charge in [-0.1, -0.05) is 0 Å². The fourth-order valence-electron chi connectivity index (χ4n) is 2.72. The summed E-state index contributed by atoms with van der Waals surface area (Å²) in [4.78, 5) is 16.0. The number of hydrogen-bond donors (Lipinski definition) is 1. The average molecular weight is 291 g/mol. The Morgan fingerprint density at radius 3 is 2.57 bits per heavy atom. The topological polar surface area (TPSA) is 69.8 Å². The average Bonchev–Trinajstić information content (AvgIpc) is 2.53. The minimum atomic E-state index is -0.0868. The molecule has 0 saturated heterocycles. The fourth-order valence-corrected chi connectivity index (χ4v) is 2.72. The van der Waals surface area contributed by atoms with Crippen LogP contribution in [0.4, 0.5) is 0 Å². The van der Waals surface area contributed by atoms with Gasteiger partial charge in [-0.3, -0.25) is 4.79 Å². The monoisotopic (exact) mass is 291 g/mol. The Morgan fingerprint density at radius 1 is 1.14 bits per heavy atom. The van der Waals surface area contributed by atoms with Gasteiger partial charge < -0.3 is 23.9 Å². The Hall–Kier alpha value is -2.21. The van der Waals surface area contributed by atoms with Crippen LogP contribution in [-0.2, 0) is 17.8 Å². The lowest BCUT2D eigenvalue weighted by molar-refractivity contribution is 0.108. The van der Waals surface area contributed by atoms with Gasteiger partial charge in [0.05, 0.1) is 45.4 Å². The van der Waals surface area contributed by atoms with Crippen LogP contribution >= 0.6 is 0 Å². The van der Waals surface area contributed by atoms with Crippen LogP contribution in [0.1, 0.15) is 11.3 Å². The lowest BCUT2D eigenvalue weighted by Crippen LogP contribution is -2.22. The van der Waals surface area contributed by atoms with E-state index in [0.29, 0.717) is 53.3 Å². The Balaban J connectivity index is 2.43. The molecule has 2 aromatic rings. The maximum atomic E-state index is 12.7. The first-order valence-electron chi connectivity index (χ1n) is 6.65. The lowest BCUT2D eigenvalue weighted by Gasteiger charge is -2.19. The lowest BCUT2D eigenvalue weighted by atomic mass is 10.0. The van der Waals surface area contributed by atoms with E-state index in [1.807, 2.05) is 0 Å².